The third kappa shape index (κ3) is 1.48. The molecule has 0 saturated heterocycles. The van der Waals surface area contributed by atoms with Crippen molar-refractivity contribution in [3.63, 3.8) is 0 Å². The molecule has 0 unspecified atom stereocenters. The summed E-state index contributed by atoms with van der Waals surface area (Å²) in [4.78, 5) is 15.7. The smallest absolute Gasteiger partial charge is 0.213 e. The van der Waals surface area contributed by atoms with E-state index in [2.05, 4.69) is 4.98 Å². The Labute approximate surface area is 87.5 Å². The van der Waals surface area contributed by atoms with Gasteiger partial charge in [-0.25, -0.2) is 4.98 Å². The number of aryl methyl sites for hydroxylation is 1. The van der Waals surface area contributed by atoms with Gasteiger partial charge in [-0.2, -0.15) is 0 Å². The molecule has 0 aliphatic heterocycles. The summed E-state index contributed by atoms with van der Waals surface area (Å²) in [7, 11) is 3.45. The van der Waals surface area contributed by atoms with Gasteiger partial charge in [-0.3, -0.25) is 4.79 Å². The molecule has 2 rings (SSSR count). The highest BCUT2D eigenvalue weighted by Gasteiger charge is 2.12. The molecule has 2 heterocycles. The first-order valence-corrected chi connectivity index (χ1v) is 4.64. The van der Waals surface area contributed by atoms with Gasteiger partial charge < -0.3 is 9.30 Å². The normalized spacial score (nSPS) is 10.6. The summed E-state index contributed by atoms with van der Waals surface area (Å²) in [5.41, 5.74) is 2.26. The predicted molar refractivity (Wildman–Crippen MR) is 57.3 cm³/mol. The quantitative estimate of drug-likeness (QED) is 0.700. The van der Waals surface area contributed by atoms with E-state index < -0.39 is 0 Å². The van der Waals surface area contributed by atoms with Crippen molar-refractivity contribution >= 4 is 16.8 Å². The molecule has 0 amide bonds. The molecule has 0 bridgehead atoms. The average molecular weight is 204 g/mol. The minimum absolute atomic E-state index is 0.0151. The molecular weight excluding hydrogens is 192 g/mol. The number of ketones is 1. The highest BCUT2D eigenvalue weighted by Crippen LogP contribution is 2.21. The van der Waals surface area contributed by atoms with Crippen LogP contribution in [0.3, 0.4) is 0 Å². The van der Waals surface area contributed by atoms with Gasteiger partial charge in [0.2, 0.25) is 5.88 Å². The molecule has 0 aromatic carbocycles. The first kappa shape index (κ1) is 9.71. The van der Waals surface area contributed by atoms with Crippen LogP contribution in [0, 0.1) is 0 Å². The van der Waals surface area contributed by atoms with Crippen molar-refractivity contribution in [1.82, 2.24) is 9.55 Å². The zero-order valence-electron chi connectivity index (χ0n) is 8.94. The number of carbonyl (C=O) groups is 1. The highest BCUT2D eigenvalue weighted by atomic mass is 16.5. The third-order valence-corrected chi connectivity index (χ3v) is 2.39. The summed E-state index contributed by atoms with van der Waals surface area (Å²) in [5, 5.41) is 0. The number of aromatic nitrogens is 2. The van der Waals surface area contributed by atoms with Gasteiger partial charge in [-0.05, 0) is 13.0 Å². The lowest BCUT2D eigenvalue weighted by atomic mass is 10.2. The van der Waals surface area contributed by atoms with Gasteiger partial charge in [0, 0.05) is 19.3 Å². The van der Waals surface area contributed by atoms with Crippen LogP contribution in [0.5, 0.6) is 5.88 Å². The summed E-state index contributed by atoms with van der Waals surface area (Å²) in [6, 6.07) is 3.68. The Morgan fingerprint density at radius 2 is 2.20 bits per heavy atom. The van der Waals surface area contributed by atoms with E-state index in [1.165, 1.54) is 6.92 Å². The number of rotatable bonds is 2. The Balaban J connectivity index is 2.77. The summed E-state index contributed by atoms with van der Waals surface area (Å²) < 4.78 is 6.92. The van der Waals surface area contributed by atoms with E-state index in [0.29, 0.717) is 17.0 Å². The van der Waals surface area contributed by atoms with Gasteiger partial charge >= 0.3 is 0 Å². The van der Waals surface area contributed by atoms with Gasteiger partial charge in [0.25, 0.3) is 0 Å². The second kappa shape index (κ2) is 3.38. The largest absolute Gasteiger partial charge is 0.481 e. The van der Waals surface area contributed by atoms with Gasteiger partial charge in [0.15, 0.2) is 5.78 Å². The highest BCUT2D eigenvalue weighted by molar-refractivity contribution is 6.05. The monoisotopic (exact) mass is 204 g/mol. The molecule has 0 spiro atoms. The van der Waals surface area contributed by atoms with Crippen molar-refractivity contribution < 1.29 is 9.53 Å². The molecular formula is C11H12N2O2. The van der Waals surface area contributed by atoms with Crippen LogP contribution in [-0.2, 0) is 7.05 Å². The fraction of sp³-hybridized carbons (Fsp3) is 0.273. The molecule has 0 aliphatic carbocycles. The number of methoxy groups -OCH3 is 1. The lowest BCUT2D eigenvalue weighted by Gasteiger charge is -1.99. The first-order valence-electron chi connectivity index (χ1n) is 4.64. The van der Waals surface area contributed by atoms with E-state index in [1.54, 1.807) is 19.4 Å². The van der Waals surface area contributed by atoms with Crippen molar-refractivity contribution in [2.24, 2.45) is 7.05 Å². The number of ether oxygens (including phenoxy) is 1. The molecule has 78 valence electrons. The maximum Gasteiger partial charge on any atom is 0.213 e. The third-order valence-electron chi connectivity index (χ3n) is 2.39. The fourth-order valence-corrected chi connectivity index (χ4v) is 1.61. The first-order chi connectivity index (χ1) is 7.13. The zero-order chi connectivity index (χ0) is 11.0. The topological polar surface area (TPSA) is 44.1 Å². The van der Waals surface area contributed by atoms with Crippen molar-refractivity contribution in [2.45, 2.75) is 6.92 Å². The predicted octanol–water partition coefficient (Wildman–Crippen LogP) is 1.78. The molecule has 0 fully saturated rings. The molecule has 0 N–H and O–H groups in total. The van der Waals surface area contributed by atoms with Crippen LogP contribution in [0.15, 0.2) is 18.3 Å². The maximum absolute atomic E-state index is 11.4. The number of hydrogen-bond donors (Lipinski definition) is 0. The Morgan fingerprint density at radius 3 is 2.80 bits per heavy atom. The molecule has 0 aliphatic rings. The molecule has 0 saturated carbocycles. The van der Waals surface area contributed by atoms with Crippen LogP contribution >= 0.6 is 0 Å². The lowest BCUT2D eigenvalue weighted by molar-refractivity contribution is 0.101. The van der Waals surface area contributed by atoms with Gasteiger partial charge in [0.05, 0.1) is 18.2 Å². The van der Waals surface area contributed by atoms with Crippen molar-refractivity contribution in [3.05, 3.63) is 23.9 Å². The fourth-order valence-electron chi connectivity index (χ4n) is 1.61. The number of Topliss-reactive ketones (excluding diaryl/α,β-unsaturated/α-hetero) is 1. The number of nitrogens with zero attached hydrogens (tertiary/aromatic N) is 2. The van der Waals surface area contributed by atoms with Gasteiger partial charge in [-0.15, -0.1) is 0 Å². The SMILES string of the molecule is COc1ccc2c(n1)c(C(C)=O)cn2C. The second-order valence-electron chi connectivity index (χ2n) is 3.43. The van der Waals surface area contributed by atoms with E-state index in [9.17, 15) is 4.79 Å². The van der Waals surface area contributed by atoms with E-state index in [4.69, 9.17) is 4.74 Å². The molecule has 4 nitrogen and oxygen atoms in total. The molecule has 0 radical (unpaired) electrons. The average Bonchev–Trinajstić information content (AvgIpc) is 2.56. The number of pyridine rings is 1. The van der Waals surface area contributed by atoms with Crippen LogP contribution in [0.4, 0.5) is 0 Å². The maximum atomic E-state index is 11.4. The Kier molecular flexibility index (Phi) is 2.19. The van der Waals surface area contributed by atoms with Crippen LogP contribution in [0.2, 0.25) is 0 Å². The minimum atomic E-state index is 0.0151. The Bertz CT molecular complexity index is 529. The zero-order valence-corrected chi connectivity index (χ0v) is 8.94. The van der Waals surface area contributed by atoms with Gasteiger partial charge in [-0.1, -0.05) is 0 Å². The number of carbonyl (C=O) groups excluding carboxylic acids is 1. The van der Waals surface area contributed by atoms with Crippen LogP contribution in [0.1, 0.15) is 17.3 Å². The van der Waals surface area contributed by atoms with Crippen LogP contribution < -0.4 is 4.74 Å². The van der Waals surface area contributed by atoms with Gasteiger partial charge in [0.1, 0.15) is 5.52 Å². The minimum Gasteiger partial charge on any atom is -0.481 e. The second-order valence-corrected chi connectivity index (χ2v) is 3.43. The molecule has 15 heavy (non-hydrogen) atoms. The summed E-state index contributed by atoms with van der Waals surface area (Å²) in [6.07, 6.45) is 1.79. The lowest BCUT2D eigenvalue weighted by Crippen LogP contribution is -1.92. The van der Waals surface area contributed by atoms with Crippen LogP contribution in [0.25, 0.3) is 11.0 Å². The standard InChI is InChI=1S/C11H12N2O2/c1-7(14)8-6-13(2)9-4-5-10(15-3)12-11(8)9/h4-6H,1-3H3. The molecule has 4 heteroatoms. The number of fused-ring (bicyclic) bond motifs is 1. The van der Waals surface area contributed by atoms with Crippen molar-refractivity contribution in [2.75, 3.05) is 7.11 Å². The van der Waals surface area contributed by atoms with E-state index in [-0.39, 0.29) is 5.78 Å². The summed E-state index contributed by atoms with van der Waals surface area (Å²) in [5.74, 6) is 0.539. The van der Waals surface area contributed by atoms with Crippen LogP contribution in [-0.4, -0.2) is 22.4 Å². The van der Waals surface area contributed by atoms with E-state index in [1.807, 2.05) is 17.7 Å². The van der Waals surface area contributed by atoms with Crippen molar-refractivity contribution in [1.29, 1.82) is 0 Å². The summed E-state index contributed by atoms with van der Waals surface area (Å²) in [6.45, 7) is 1.54. The summed E-state index contributed by atoms with van der Waals surface area (Å²) >= 11 is 0. The van der Waals surface area contributed by atoms with E-state index in [0.717, 1.165) is 5.52 Å². The molecule has 0 atom stereocenters. The molecule has 2 aromatic heterocycles. The van der Waals surface area contributed by atoms with Crippen molar-refractivity contribution in [3.8, 4) is 5.88 Å². The Hall–Kier alpha value is -1.84. The number of hydrogen-bond acceptors (Lipinski definition) is 3. The molecule has 2 aromatic rings. The van der Waals surface area contributed by atoms with E-state index >= 15 is 0 Å². The Morgan fingerprint density at radius 1 is 1.47 bits per heavy atom.